The molecule has 7 heteroatoms. The molecule has 0 fully saturated rings. The molecule has 3 aromatic carbocycles. The maximum Gasteiger partial charge on any atom is 0.335 e. The van der Waals surface area contributed by atoms with Crippen LogP contribution in [0.15, 0.2) is 78.4 Å². The van der Waals surface area contributed by atoms with Crippen molar-refractivity contribution in [3.63, 3.8) is 0 Å². The molecular formula is C25H20N2O5. The molecule has 3 rings (SSSR count). The zero-order valence-corrected chi connectivity index (χ0v) is 17.2. The largest absolute Gasteiger partial charge is 0.497 e. The summed E-state index contributed by atoms with van der Waals surface area (Å²) in [6.45, 7) is 0.281. The van der Waals surface area contributed by atoms with Crippen molar-refractivity contribution >= 4 is 23.6 Å². The van der Waals surface area contributed by atoms with E-state index in [1.165, 1.54) is 18.2 Å². The van der Waals surface area contributed by atoms with Gasteiger partial charge in [-0.2, -0.15) is 5.26 Å². The van der Waals surface area contributed by atoms with Gasteiger partial charge in [-0.05, 0) is 65.7 Å². The minimum Gasteiger partial charge on any atom is -0.497 e. The van der Waals surface area contributed by atoms with E-state index in [1.807, 2.05) is 6.07 Å². The summed E-state index contributed by atoms with van der Waals surface area (Å²) >= 11 is 0. The Morgan fingerprint density at radius 2 is 1.59 bits per heavy atom. The minimum atomic E-state index is -0.976. The number of rotatable bonds is 8. The molecule has 0 bridgehead atoms. The van der Waals surface area contributed by atoms with Gasteiger partial charge in [-0.15, -0.1) is 0 Å². The molecule has 1 amide bonds. The summed E-state index contributed by atoms with van der Waals surface area (Å²) in [6, 6.07) is 22.1. The molecule has 3 aromatic rings. The molecule has 0 atom stereocenters. The molecule has 160 valence electrons. The van der Waals surface area contributed by atoms with Gasteiger partial charge in [-0.3, -0.25) is 4.79 Å². The van der Waals surface area contributed by atoms with Gasteiger partial charge in [0.25, 0.3) is 5.91 Å². The van der Waals surface area contributed by atoms with Crippen molar-refractivity contribution in [3.8, 4) is 17.6 Å². The van der Waals surface area contributed by atoms with Crippen molar-refractivity contribution in [1.29, 1.82) is 5.26 Å². The SMILES string of the molecule is COc1ccc(NC(=O)/C(C#N)=C\c2ccc(OCc3ccc(C(=O)O)cc3)cc2)cc1. The lowest BCUT2D eigenvalue weighted by Crippen LogP contribution is -2.13. The van der Waals surface area contributed by atoms with Gasteiger partial charge in [-0.1, -0.05) is 24.3 Å². The fourth-order valence-corrected chi connectivity index (χ4v) is 2.76. The highest BCUT2D eigenvalue weighted by Crippen LogP contribution is 2.18. The fourth-order valence-electron chi connectivity index (χ4n) is 2.76. The molecule has 32 heavy (non-hydrogen) atoms. The van der Waals surface area contributed by atoms with Crippen LogP contribution >= 0.6 is 0 Å². The second kappa shape index (κ2) is 10.5. The number of hydrogen-bond donors (Lipinski definition) is 2. The predicted molar refractivity (Wildman–Crippen MR) is 119 cm³/mol. The van der Waals surface area contributed by atoms with E-state index >= 15 is 0 Å². The number of carboxylic acid groups (broad SMARTS) is 1. The van der Waals surface area contributed by atoms with E-state index < -0.39 is 11.9 Å². The van der Waals surface area contributed by atoms with Gasteiger partial charge in [-0.25, -0.2) is 4.79 Å². The van der Waals surface area contributed by atoms with Crippen LogP contribution < -0.4 is 14.8 Å². The Morgan fingerprint density at radius 3 is 2.16 bits per heavy atom. The number of amides is 1. The average molecular weight is 428 g/mol. The van der Waals surface area contributed by atoms with Crippen LogP contribution in [-0.4, -0.2) is 24.1 Å². The lowest BCUT2D eigenvalue weighted by molar-refractivity contribution is -0.112. The van der Waals surface area contributed by atoms with Crippen LogP contribution in [0.2, 0.25) is 0 Å². The van der Waals surface area contributed by atoms with E-state index in [0.717, 1.165) is 5.56 Å². The number of carbonyl (C=O) groups excluding carboxylic acids is 1. The summed E-state index contributed by atoms with van der Waals surface area (Å²) in [5.41, 5.74) is 2.24. The molecule has 2 N–H and O–H groups in total. The Balaban J connectivity index is 1.61. The summed E-state index contributed by atoms with van der Waals surface area (Å²) in [7, 11) is 1.55. The van der Waals surface area contributed by atoms with E-state index in [0.29, 0.717) is 22.7 Å². The van der Waals surface area contributed by atoms with Crippen LogP contribution in [0, 0.1) is 11.3 Å². The zero-order chi connectivity index (χ0) is 22.9. The lowest BCUT2D eigenvalue weighted by Gasteiger charge is -2.07. The fraction of sp³-hybridized carbons (Fsp3) is 0.0800. The van der Waals surface area contributed by atoms with E-state index in [-0.39, 0.29) is 17.7 Å². The molecule has 7 nitrogen and oxygen atoms in total. The van der Waals surface area contributed by atoms with Crippen molar-refractivity contribution in [3.05, 3.63) is 95.1 Å². The van der Waals surface area contributed by atoms with Gasteiger partial charge >= 0.3 is 5.97 Å². The second-order valence-corrected chi connectivity index (χ2v) is 6.71. The predicted octanol–water partition coefficient (Wildman–Crippen LogP) is 4.52. The zero-order valence-electron chi connectivity index (χ0n) is 17.2. The molecule has 0 heterocycles. The summed E-state index contributed by atoms with van der Waals surface area (Å²) in [4.78, 5) is 23.3. The highest BCUT2D eigenvalue weighted by molar-refractivity contribution is 6.09. The molecule has 0 aromatic heterocycles. The summed E-state index contributed by atoms with van der Waals surface area (Å²) in [6.07, 6.45) is 1.49. The quantitative estimate of drug-likeness (QED) is 0.403. The first-order valence-electron chi connectivity index (χ1n) is 9.61. The lowest BCUT2D eigenvalue weighted by atomic mass is 10.1. The normalized spacial score (nSPS) is 10.7. The molecule has 0 radical (unpaired) electrons. The van der Waals surface area contributed by atoms with Gasteiger partial charge in [0.05, 0.1) is 12.7 Å². The first-order chi connectivity index (χ1) is 15.5. The van der Waals surface area contributed by atoms with Crippen molar-refractivity contribution in [2.45, 2.75) is 6.61 Å². The molecule has 0 saturated heterocycles. The van der Waals surface area contributed by atoms with Crippen molar-refractivity contribution in [2.24, 2.45) is 0 Å². The van der Waals surface area contributed by atoms with Crippen LogP contribution in [-0.2, 0) is 11.4 Å². The number of nitrogens with one attached hydrogen (secondary N) is 1. The van der Waals surface area contributed by atoms with Gasteiger partial charge in [0.15, 0.2) is 0 Å². The number of carboxylic acids is 1. The number of anilines is 1. The number of methoxy groups -OCH3 is 1. The van der Waals surface area contributed by atoms with Gasteiger partial charge in [0.2, 0.25) is 0 Å². The van der Waals surface area contributed by atoms with E-state index in [4.69, 9.17) is 14.6 Å². The van der Waals surface area contributed by atoms with Crippen molar-refractivity contribution in [1.82, 2.24) is 0 Å². The molecular weight excluding hydrogens is 408 g/mol. The van der Waals surface area contributed by atoms with E-state index in [2.05, 4.69) is 5.32 Å². The number of hydrogen-bond acceptors (Lipinski definition) is 5. The molecule has 0 unspecified atom stereocenters. The highest BCUT2D eigenvalue weighted by atomic mass is 16.5. The molecule has 0 aliphatic heterocycles. The smallest absolute Gasteiger partial charge is 0.335 e. The van der Waals surface area contributed by atoms with Crippen molar-refractivity contribution < 1.29 is 24.2 Å². The molecule has 0 spiro atoms. The van der Waals surface area contributed by atoms with Crippen LogP contribution in [0.3, 0.4) is 0 Å². The third-order valence-corrected chi connectivity index (χ3v) is 4.51. The van der Waals surface area contributed by atoms with Crippen LogP contribution in [0.1, 0.15) is 21.5 Å². The third-order valence-electron chi connectivity index (χ3n) is 4.51. The number of aromatic carboxylic acids is 1. The van der Waals surface area contributed by atoms with Crippen LogP contribution in [0.5, 0.6) is 11.5 Å². The average Bonchev–Trinajstić information content (AvgIpc) is 2.82. The first-order valence-corrected chi connectivity index (χ1v) is 9.61. The number of benzene rings is 3. The molecule has 0 saturated carbocycles. The molecule has 0 aliphatic rings. The number of ether oxygens (including phenoxy) is 2. The Bertz CT molecular complexity index is 1160. The van der Waals surface area contributed by atoms with E-state index in [1.54, 1.807) is 67.8 Å². The second-order valence-electron chi connectivity index (χ2n) is 6.71. The maximum absolute atomic E-state index is 12.4. The Kier molecular flexibility index (Phi) is 7.23. The number of carbonyl (C=O) groups is 2. The Morgan fingerprint density at radius 1 is 0.969 bits per heavy atom. The van der Waals surface area contributed by atoms with Gasteiger partial charge in [0, 0.05) is 5.69 Å². The number of nitrogens with zero attached hydrogens (tertiary/aromatic N) is 1. The number of nitriles is 1. The summed E-state index contributed by atoms with van der Waals surface area (Å²) in [5.74, 6) is -0.220. The third kappa shape index (κ3) is 5.97. The van der Waals surface area contributed by atoms with Crippen LogP contribution in [0.25, 0.3) is 6.08 Å². The summed E-state index contributed by atoms with van der Waals surface area (Å²) < 4.78 is 10.8. The monoisotopic (exact) mass is 428 g/mol. The minimum absolute atomic E-state index is 0.0343. The topological polar surface area (TPSA) is 109 Å². The molecule has 0 aliphatic carbocycles. The van der Waals surface area contributed by atoms with Gasteiger partial charge < -0.3 is 19.9 Å². The highest BCUT2D eigenvalue weighted by Gasteiger charge is 2.10. The first kappa shape index (κ1) is 22.1. The summed E-state index contributed by atoms with van der Waals surface area (Å²) in [5, 5.41) is 21.0. The Labute approximate surface area is 185 Å². The van der Waals surface area contributed by atoms with Crippen molar-refractivity contribution in [2.75, 3.05) is 12.4 Å². The maximum atomic E-state index is 12.4. The standard InChI is InChI=1S/C25H20N2O5/c1-31-22-12-8-21(9-13-22)27-24(28)20(15-26)14-17-4-10-23(11-5-17)32-16-18-2-6-19(7-3-18)25(29)30/h2-14H,16H2,1H3,(H,27,28)(H,29,30)/b20-14-. The Hall–Kier alpha value is -4.57. The van der Waals surface area contributed by atoms with Gasteiger partial charge in [0.1, 0.15) is 29.7 Å². The van der Waals surface area contributed by atoms with E-state index in [9.17, 15) is 14.9 Å². The van der Waals surface area contributed by atoms with Crippen LogP contribution in [0.4, 0.5) is 5.69 Å².